The number of morpholine rings is 1. The molecule has 0 spiro atoms. The Morgan fingerprint density at radius 3 is 2.66 bits per heavy atom. The number of carbonyl (C=O) groups excluding carboxylic acids is 1. The average Bonchev–Trinajstić information content (AvgIpc) is 2.75. The Morgan fingerprint density at radius 2 is 2.00 bits per heavy atom. The molecule has 1 unspecified atom stereocenters. The van der Waals surface area contributed by atoms with Crippen LogP contribution in [0, 0.1) is 10.1 Å². The quantitative estimate of drug-likeness (QED) is 0.436. The van der Waals surface area contributed by atoms with Gasteiger partial charge >= 0.3 is 0 Å². The fourth-order valence-corrected chi connectivity index (χ4v) is 3.10. The SMILES string of the molecule is COC(C(=O)NN=Cc1cc([N+](=O)[O-])ccc1N1CCOCC1)c1ccccc1. The highest BCUT2D eigenvalue weighted by molar-refractivity contribution is 5.90. The van der Waals surface area contributed by atoms with Crippen molar-refractivity contribution in [2.24, 2.45) is 5.10 Å². The van der Waals surface area contributed by atoms with E-state index in [1.165, 1.54) is 25.5 Å². The largest absolute Gasteiger partial charge is 0.378 e. The zero-order valence-electron chi connectivity index (χ0n) is 16.0. The molecule has 1 aliphatic rings. The Balaban J connectivity index is 1.78. The zero-order chi connectivity index (χ0) is 20.6. The van der Waals surface area contributed by atoms with E-state index in [0.717, 1.165) is 5.69 Å². The number of rotatable bonds is 7. The summed E-state index contributed by atoms with van der Waals surface area (Å²) in [5.74, 6) is -0.437. The predicted octanol–water partition coefficient (Wildman–Crippen LogP) is 2.27. The molecule has 1 fully saturated rings. The molecule has 0 radical (unpaired) electrons. The molecule has 1 amide bonds. The third-order valence-corrected chi connectivity index (χ3v) is 4.53. The number of benzene rings is 2. The third kappa shape index (κ3) is 5.15. The van der Waals surface area contributed by atoms with Gasteiger partial charge in [-0.1, -0.05) is 30.3 Å². The van der Waals surface area contributed by atoms with Crippen LogP contribution in [0.2, 0.25) is 0 Å². The first-order valence-corrected chi connectivity index (χ1v) is 9.12. The molecule has 0 aromatic heterocycles. The lowest BCUT2D eigenvalue weighted by atomic mass is 10.1. The standard InChI is InChI=1S/C20H22N4O5/c1-28-19(15-5-3-2-4-6-15)20(25)22-21-14-16-13-17(24(26)27)7-8-18(16)23-9-11-29-12-10-23/h2-8,13-14,19H,9-12H2,1H3,(H,22,25). The fraction of sp³-hybridized carbons (Fsp3) is 0.300. The summed E-state index contributed by atoms with van der Waals surface area (Å²) in [6.45, 7) is 2.50. The maximum absolute atomic E-state index is 12.4. The van der Waals surface area contributed by atoms with E-state index in [1.807, 2.05) is 18.2 Å². The normalized spacial score (nSPS) is 15.3. The van der Waals surface area contributed by atoms with Crippen LogP contribution in [-0.4, -0.2) is 50.5 Å². The molecule has 9 nitrogen and oxygen atoms in total. The summed E-state index contributed by atoms with van der Waals surface area (Å²) in [5.41, 5.74) is 4.44. The molecule has 1 saturated heterocycles. The van der Waals surface area contributed by atoms with Crippen LogP contribution < -0.4 is 10.3 Å². The summed E-state index contributed by atoms with van der Waals surface area (Å²) < 4.78 is 10.6. The number of amides is 1. The Kier molecular flexibility index (Phi) is 6.88. The molecule has 152 valence electrons. The van der Waals surface area contributed by atoms with Crippen LogP contribution in [0.3, 0.4) is 0 Å². The molecule has 0 aliphatic carbocycles. The topological polar surface area (TPSA) is 106 Å². The van der Waals surface area contributed by atoms with E-state index < -0.39 is 16.9 Å². The molecule has 0 bridgehead atoms. The van der Waals surface area contributed by atoms with Crippen molar-refractivity contribution in [1.82, 2.24) is 5.43 Å². The molecule has 2 aromatic carbocycles. The van der Waals surface area contributed by atoms with Gasteiger partial charge in [-0.3, -0.25) is 14.9 Å². The van der Waals surface area contributed by atoms with E-state index in [4.69, 9.17) is 9.47 Å². The first-order chi connectivity index (χ1) is 14.1. The molecular weight excluding hydrogens is 376 g/mol. The highest BCUT2D eigenvalue weighted by Crippen LogP contribution is 2.25. The van der Waals surface area contributed by atoms with Crippen LogP contribution in [0.15, 0.2) is 53.6 Å². The lowest BCUT2D eigenvalue weighted by Gasteiger charge is -2.29. The number of hydrazone groups is 1. The first-order valence-electron chi connectivity index (χ1n) is 9.12. The minimum atomic E-state index is -0.808. The highest BCUT2D eigenvalue weighted by atomic mass is 16.6. The number of anilines is 1. The van der Waals surface area contributed by atoms with Gasteiger partial charge in [0.25, 0.3) is 11.6 Å². The van der Waals surface area contributed by atoms with Crippen molar-refractivity contribution in [2.45, 2.75) is 6.10 Å². The molecule has 1 N–H and O–H groups in total. The average molecular weight is 398 g/mol. The van der Waals surface area contributed by atoms with Gasteiger partial charge in [-0.05, 0) is 11.6 Å². The van der Waals surface area contributed by atoms with Crippen molar-refractivity contribution in [3.8, 4) is 0 Å². The molecule has 29 heavy (non-hydrogen) atoms. The number of nitrogens with one attached hydrogen (secondary N) is 1. The summed E-state index contributed by atoms with van der Waals surface area (Å²) in [5, 5.41) is 15.2. The van der Waals surface area contributed by atoms with Crippen molar-refractivity contribution in [3.63, 3.8) is 0 Å². The number of nitro groups is 1. The number of carbonyl (C=O) groups is 1. The number of ether oxygens (including phenoxy) is 2. The molecule has 3 rings (SSSR count). The minimum Gasteiger partial charge on any atom is -0.378 e. The lowest BCUT2D eigenvalue weighted by Crippen LogP contribution is -2.36. The number of nitrogens with zero attached hydrogens (tertiary/aromatic N) is 3. The highest BCUT2D eigenvalue weighted by Gasteiger charge is 2.20. The van der Waals surface area contributed by atoms with E-state index in [1.54, 1.807) is 18.2 Å². The second-order valence-electron chi connectivity index (χ2n) is 6.36. The van der Waals surface area contributed by atoms with Gasteiger partial charge in [0.1, 0.15) is 0 Å². The summed E-state index contributed by atoms with van der Waals surface area (Å²) in [6.07, 6.45) is 0.602. The molecule has 0 saturated carbocycles. The smallest absolute Gasteiger partial charge is 0.273 e. The number of non-ortho nitro benzene ring substituents is 1. The zero-order valence-corrected chi connectivity index (χ0v) is 16.0. The Morgan fingerprint density at radius 1 is 1.28 bits per heavy atom. The van der Waals surface area contributed by atoms with E-state index in [2.05, 4.69) is 15.4 Å². The van der Waals surface area contributed by atoms with Crippen LogP contribution in [-0.2, 0) is 14.3 Å². The van der Waals surface area contributed by atoms with Gasteiger partial charge in [0, 0.05) is 43.6 Å². The molecule has 1 atom stereocenters. The number of methoxy groups -OCH3 is 1. The predicted molar refractivity (Wildman–Crippen MR) is 108 cm³/mol. The van der Waals surface area contributed by atoms with Crippen molar-refractivity contribution >= 4 is 23.5 Å². The van der Waals surface area contributed by atoms with Crippen molar-refractivity contribution in [1.29, 1.82) is 0 Å². The van der Waals surface area contributed by atoms with Crippen LogP contribution in [0.1, 0.15) is 17.2 Å². The van der Waals surface area contributed by atoms with Crippen LogP contribution in [0.25, 0.3) is 0 Å². The number of hydrogen-bond acceptors (Lipinski definition) is 7. The Bertz CT molecular complexity index is 882. The maximum Gasteiger partial charge on any atom is 0.273 e. The van der Waals surface area contributed by atoms with Crippen molar-refractivity contribution in [2.75, 3.05) is 38.3 Å². The summed E-state index contributed by atoms with van der Waals surface area (Å²) in [7, 11) is 1.44. The lowest BCUT2D eigenvalue weighted by molar-refractivity contribution is -0.384. The van der Waals surface area contributed by atoms with E-state index in [-0.39, 0.29) is 5.69 Å². The van der Waals surface area contributed by atoms with E-state index >= 15 is 0 Å². The molecule has 9 heteroatoms. The van der Waals surface area contributed by atoms with Crippen LogP contribution in [0.4, 0.5) is 11.4 Å². The molecule has 1 aliphatic heterocycles. The molecule has 1 heterocycles. The van der Waals surface area contributed by atoms with Gasteiger partial charge < -0.3 is 14.4 Å². The summed E-state index contributed by atoms with van der Waals surface area (Å²) in [4.78, 5) is 25.2. The van der Waals surface area contributed by atoms with Gasteiger partial charge in [0.05, 0.1) is 24.4 Å². The van der Waals surface area contributed by atoms with Gasteiger partial charge in [0.15, 0.2) is 6.10 Å². The van der Waals surface area contributed by atoms with Crippen LogP contribution >= 0.6 is 0 Å². The second-order valence-corrected chi connectivity index (χ2v) is 6.36. The summed E-state index contributed by atoms with van der Waals surface area (Å²) >= 11 is 0. The monoisotopic (exact) mass is 398 g/mol. The van der Waals surface area contributed by atoms with Gasteiger partial charge in [-0.15, -0.1) is 0 Å². The number of nitro benzene ring substituents is 1. The Hall–Kier alpha value is -3.30. The third-order valence-electron chi connectivity index (χ3n) is 4.53. The first kappa shape index (κ1) is 20.4. The van der Waals surface area contributed by atoms with Crippen molar-refractivity contribution < 1.29 is 19.2 Å². The summed E-state index contributed by atoms with van der Waals surface area (Å²) in [6, 6.07) is 13.6. The maximum atomic E-state index is 12.4. The second kappa shape index (κ2) is 9.76. The van der Waals surface area contributed by atoms with Gasteiger partial charge in [0.2, 0.25) is 0 Å². The Labute approximate surface area is 168 Å². The molecular formula is C20H22N4O5. The fourth-order valence-electron chi connectivity index (χ4n) is 3.10. The van der Waals surface area contributed by atoms with Gasteiger partial charge in [-0.25, -0.2) is 5.43 Å². The van der Waals surface area contributed by atoms with Crippen LogP contribution in [0.5, 0.6) is 0 Å². The van der Waals surface area contributed by atoms with E-state index in [9.17, 15) is 14.9 Å². The van der Waals surface area contributed by atoms with Crippen molar-refractivity contribution in [3.05, 3.63) is 69.8 Å². The van der Waals surface area contributed by atoms with E-state index in [0.29, 0.717) is 37.4 Å². The number of hydrogen-bond donors (Lipinski definition) is 1. The molecule has 2 aromatic rings. The minimum absolute atomic E-state index is 0.0474. The van der Waals surface area contributed by atoms with Gasteiger partial charge in [-0.2, -0.15) is 5.10 Å².